The summed E-state index contributed by atoms with van der Waals surface area (Å²) in [4.78, 5) is 0. The summed E-state index contributed by atoms with van der Waals surface area (Å²) in [7, 11) is 0. The lowest BCUT2D eigenvalue weighted by Crippen LogP contribution is -2.49. The zero-order valence-electron chi connectivity index (χ0n) is 8.77. The van der Waals surface area contributed by atoms with Crippen LogP contribution >= 0.6 is 0 Å². The van der Waals surface area contributed by atoms with Crippen LogP contribution in [0.25, 0.3) is 0 Å². The van der Waals surface area contributed by atoms with Crippen LogP contribution in [0.3, 0.4) is 0 Å². The van der Waals surface area contributed by atoms with Crippen molar-refractivity contribution in [2.24, 2.45) is 22.8 Å². The fourth-order valence-corrected chi connectivity index (χ4v) is 3.16. The van der Waals surface area contributed by atoms with E-state index >= 15 is 0 Å². The maximum absolute atomic E-state index is 13.8. The van der Waals surface area contributed by atoms with Gasteiger partial charge in [-0.2, -0.15) is 0 Å². The molecule has 0 bridgehead atoms. The third-order valence-electron chi connectivity index (χ3n) is 4.24. The van der Waals surface area contributed by atoms with Crippen LogP contribution in [0.15, 0.2) is 0 Å². The molecule has 2 aliphatic rings. The molecule has 2 fully saturated rings. The molecule has 3 heteroatoms. The highest BCUT2D eigenvalue weighted by Crippen LogP contribution is 2.60. The maximum atomic E-state index is 13.8. The van der Waals surface area contributed by atoms with Gasteiger partial charge < -0.3 is 11.5 Å². The van der Waals surface area contributed by atoms with Gasteiger partial charge in [0.25, 0.3) is 0 Å². The van der Waals surface area contributed by atoms with Crippen molar-refractivity contribution in [1.29, 1.82) is 0 Å². The Bertz CT molecular complexity index is 201. The summed E-state index contributed by atoms with van der Waals surface area (Å²) in [6.07, 6.45) is 7.14. The second-order valence-electron chi connectivity index (χ2n) is 5.39. The van der Waals surface area contributed by atoms with Gasteiger partial charge in [0.15, 0.2) is 0 Å². The summed E-state index contributed by atoms with van der Waals surface area (Å²) in [6, 6.07) is 0. The predicted molar refractivity (Wildman–Crippen MR) is 55.6 cm³/mol. The van der Waals surface area contributed by atoms with Crippen LogP contribution in [0.4, 0.5) is 4.39 Å². The van der Waals surface area contributed by atoms with Crippen LogP contribution in [0.5, 0.6) is 0 Å². The van der Waals surface area contributed by atoms with Crippen LogP contribution in [0.2, 0.25) is 0 Å². The number of halogens is 1. The van der Waals surface area contributed by atoms with E-state index in [4.69, 9.17) is 11.5 Å². The standard InChI is InChI=1S/C11H21FN2/c12-11(7-13,8-14)6-9-4-10(5-9)2-1-3-10/h9H,1-8,13-14H2. The van der Waals surface area contributed by atoms with Gasteiger partial charge in [0.05, 0.1) is 0 Å². The first-order valence-electron chi connectivity index (χ1n) is 5.71. The monoisotopic (exact) mass is 200 g/mol. The van der Waals surface area contributed by atoms with Crippen molar-refractivity contribution in [2.45, 2.75) is 44.2 Å². The number of nitrogens with two attached hydrogens (primary N) is 2. The molecule has 0 atom stereocenters. The van der Waals surface area contributed by atoms with Crippen LogP contribution < -0.4 is 11.5 Å². The molecule has 0 aromatic rings. The van der Waals surface area contributed by atoms with Gasteiger partial charge in [-0.3, -0.25) is 0 Å². The van der Waals surface area contributed by atoms with Crippen molar-refractivity contribution in [2.75, 3.05) is 13.1 Å². The highest BCUT2D eigenvalue weighted by molar-refractivity contribution is 5.01. The van der Waals surface area contributed by atoms with Crippen molar-refractivity contribution in [3.8, 4) is 0 Å². The second-order valence-corrected chi connectivity index (χ2v) is 5.39. The highest BCUT2D eigenvalue weighted by Gasteiger charge is 2.49. The van der Waals surface area contributed by atoms with Gasteiger partial charge in [0.2, 0.25) is 0 Å². The lowest BCUT2D eigenvalue weighted by Gasteiger charge is -2.55. The SMILES string of the molecule is NCC(F)(CN)CC1CC2(CCC2)C1. The average molecular weight is 200 g/mol. The molecule has 4 N–H and O–H groups in total. The maximum Gasteiger partial charge on any atom is 0.135 e. The van der Waals surface area contributed by atoms with Crippen molar-refractivity contribution >= 4 is 0 Å². The van der Waals surface area contributed by atoms with Crippen LogP contribution in [0, 0.1) is 11.3 Å². The van der Waals surface area contributed by atoms with E-state index in [9.17, 15) is 4.39 Å². The van der Waals surface area contributed by atoms with Crippen LogP contribution in [-0.4, -0.2) is 18.8 Å². The summed E-state index contributed by atoms with van der Waals surface area (Å²) in [5.74, 6) is 0.549. The molecule has 0 unspecified atom stereocenters. The van der Waals surface area contributed by atoms with E-state index < -0.39 is 5.67 Å². The Morgan fingerprint density at radius 3 is 2.14 bits per heavy atom. The predicted octanol–water partition coefficient (Wildman–Crippen LogP) is 1.58. The Hall–Kier alpha value is -0.150. The fourth-order valence-electron chi connectivity index (χ4n) is 3.16. The smallest absolute Gasteiger partial charge is 0.135 e. The van der Waals surface area contributed by atoms with Crippen LogP contribution in [-0.2, 0) is 0 Å². The lowest BCUT2D eigenvalue weighted by atomic mass is 9.50. The van der Waals surface area contributed by atoms with Crippen LogP contribution in [0.1, 0.15) is 38.5 Å². The molecule has 2 rings (SSSR count). The molecular formula is C11H21FN2. The van der Waals surface area contributed by atoms with E-state index in [0.29, 0.717) is 17.8 Å². The molecule has 0 heterocycles. The van der Waals surface area contributed by atoms with E-state index in [1.165, 1.54) is 32.1 Å². The molecule has 2 aliphatic carbocycles. The Kier molecular flexibility index (Phi) is 2.56. The summed E-state index contributed by atoms with van der Waals surface area (Å²) in [5.41, 5.74) is 10.1. The third-order valence-corrected chi connectivity index (χ3v) is 4.24. The number of rotatable bonds is 4. The summed E-state index contributed by atoms with van der Waals surface area (Å²) < 4.78 is 13.8. The van der Waals surface area contributed by atoms with Crippen molar-refractivity contribution in [3.63, 3.8) is 0 Å². The number of hydrogen-bond acceptors (Lipinski definition) is 2. The van der Waals surface area contributed by atoms with Crippen molar-refractivity contribution in [1.82, 2.24) is 0 Å². The first-order chi connectivity index (χ1) is 6.61. The minimum Gasteiger partial charge on any atom is -0.327 e. The summed E-state index contributed by atoms with van der Waals surface area (Å²) in [5, 5.41) is 0. The van der Waals surface area contributed by atoms with E-state index in [-0.39, 0.29) is 13.1 Å². The van der Waals surface area contributed by atoms with Gasteiger partial charge in [-0.15, -0.1) is 0 Å². The molecule has 2 nitrogen and oxygen atoms in total. The molecular weight excluding hydrogens is 179 g/mol. The lowest BCUT2D eigenvalue weighted by molar-refractivity contribution is -0.0476. The van der Waals surface area contributed by atoms with Gasteiger partial charge in [0, 0.05) is 13.1 Å². The molecule has 1 spiro atoms. The molecule has 0 aromatic heterocycles. The zero-order chi connectivity index (χ0) is 10.2. The highest BCUT2D eigenvalue weighted by atomic mass is 19.1. The van der Waals surface area contributed by atoms with E-state index in [1.807, 2.05) is 0 Å². The third kappa shape index (κ3) is 1.68. The normalized spacial score (nSPS) is 25.9. The Morgan fingerprint density at radius 1 is 1.21 bits per heavy atom. The molecule has 14 heavy (non-hydrogen) atoms. The number of hydrogen-bond donors (Lipinski definition) is 2. The van der Waals surface area contributed by atoms with Gasteiger partial charge >= 0.3 is 0 Å². The minimum atomic E-state index is -1.30. The van der Waals surface area contributed by atoms with Gasteiger partial charge in [-0.25, -0.2) is 4.39 Å². The molecule has 0 amide bonds. The molecule has 82 valence electrons. The van der Waals surface area contributed by atoms with E-state index in [2.05, 4.69) is 0 Å². The molecule has 0 radical (unpaired) electrons. The minimum absolute atomic E-state index is 0.0764. The van der Waals surface area contributed by atoms with Gasteiger partial charge in [-0.1, -0.05) is 6.42 Å². The Labute approximate surface area is 85.2 Å². The Balaban J connectivity index is 1.77. The quantitative estimate of drug-likeness (QED) is 0.724. The van der Waals surface area contributed by atoms with Crippen molar-refractivity contribution < 1.29 is 4.39 Å². The molecule has 2 saturated carbocycles. The topological polar surface area (TPSA) is 52.0 Å². The second kappa shape index (κ2) is 3.46. The van der Waals surface area contributed by atoms with E-state index in [0.717, 1.165) is 0 Å². The summed E-state index contributed by atoms with van der Waals surface area (Å²) in [6.45, 7) is 0.153. The largest absolute Gasteiger partial charge is 0.327 e. The van der Waals surface area contributed by atoms with Gasteiger partial charge in [-0.05, 0) is 43.4 Å². The van der Waals surface area contributed by atoms with Gasteiger partial charge in [0.1, 0.15) is 5.67 Å². The number of alkyl halides is 1. The first-order valence-corrected chi connectivity index (χ1v) is 5.71. The fraction of sp³-hybridized carbons (Fsp3) is 1.00. The van der Waals surface area contributed by atoms with Crippen molar-refractivity contribution in [3.05, 3.63) is 0 Å². The summed E-state index contributed by atoms with van der Waals surface area (Å²) >= 11 is 0. The van der Waals surface area contributed by atoms with E-state index in [1.54, 1.807) is 0 Å². The molecule has 0 aromatic carbocycles. The average Bonchev–Trinajstić information content (AvgIpc) is 2.07. The molecule has 0 saturated heterocycles. The Morgan fingerprint density at radius 2 is 1.79 bits per heavy atom. The first kappa shape index (κ1) is 10.4. The zero-order valence-corrected chi connectivity index (χ0v) is 8.77. The molecule has 0 aliphatic heterocycles.